The largest absolute Gasteiger partial charge is 0.396 e. The molecule has 0 aromatic carbocycles. The van der Waals surface area contributed by atoms with E-state index in [1.807, 2.05) is 18.7 Å². The van der Waals surface area contributed by atoms with Crippen LogP contribution in [0.4, 0.5) is 24.8 Å². The average Bonchev–Trinajstić information content (AvgIpc) is 2.78. The van der Waals surface area contributed by atoms with Crippen LogP contribution in [0.2, 0.25) is 5.28 Å². The smallest absolute Gasteiger partial charge is 0.373 e. The summed E-state index contributed by atoms with van der Waals surface area (Å²) in [5, 5.41) is 3.06. The van der Waals surface area contributed by atoms with E-state index >= 15 is 0 Å². The maximum Gasteiger partial charge on any atom is 0.396 e. The Kier molecular flexibility index (Phi) is 2.69. The van der Waals surface area contributed by atoms with Gasteiger partial charge in [-0.3, -0.25) is 0 Å². The molecular weight excluding hydrogens is 329 g/mol. The lowest BCUT2D eigenvalue weighted by molar-refractivity contribution is -0.210. The van der Waals surface area contributed by atoms with Gasteiger partial charge in [-0.15, -0.1) is 0 Å². The summed E-state index contributed by atoms with van der Waals surface area (Å²) < 4.78 is 40.6. The highest BCUT2D eigenvalue weighted by Crippen LogP contribution is 2.80. The summed E-state index contributed by atoms with van der Waals surface area (Å²) in [6, 6.07) is 0. The van der Waals surface area contributed by atoms with Gasteiger partial charge in [0.1, 0.15) is 11.6 Å². The minimum Gasteiger partial charge on any atom is -0.373 e. The highest BCUT2D eigenvalue weighted by molar-refractivity contribution is 6.28. The molecule has 2 heterocycles. The molecule has 4 rings (SSSR count). The zero-order valence-electron chi connectivity index (χ0n) is 13.2. The van der Waals surface area contributed by atoms with E-state index in [1.165, 1.54) is 0 Å². The van der Waals surface area contributed by atoms with Crippen molar-refractivity contribution >= 4 is 23.2 Å². The molecule has 0 spiro atoms. The van der Waals surface area contributed by atoms with Crippen LogP contribution in [0.25, 0.3) is 0 Å². The highest BCUT2D eigenvalue weighted by atomic mass is 35.5. The Labute approximate surface area is 137 Å². The Balaban J connectivity index is 1.83. The predicted octanol–water partition coefficient (Wildman–Crippen LogP) is 3.75. The molecule has 2 aliphatic carbocycles. The van der Waals surface area contributed by atoms with Crippen LogP contribution in [-0.2, 0) is 5.41 Å². The van der Waals surface area contributed by atoms with E-state index in [9.17, 15) is 13.2 Å². The van der Waals surface area contributed by atoms with Crippen LogP contribution in [0.1, 0.15) is 38.7 Å². The zero-order valence-corrected chi connectivity index (χ0v) is 13.9. The zero-order chi connectivity index (χ0) is 16.8. The van der Waals surface area contributed by atoms with E-state index in [4.69, 9.17) is 11.6 Å². The highest BCUT2D eigenvalue weighted by Gasteiger charge is 2.87. The second-order valence-corrected chi connectivity index (χ2v) is 7.89. The molecule has 0 radical (unpaired) electrons. The number of alkyl halides is 3. The summed E-state index contributed by atoms with van der Waals surface area (Å²) in [5.74, 6) is 1.16. The fraction of sp³-hybridized carbons (Fsp3) is 0.733. The number of anilines is 2. The van der Waals surface area contributed by atoms with Crippen molar-refractivity contribution in [3.63, 3.8) is 0 Å². The second kappa shape index (κ2) is 4.05. The summed E-state index contributed by atoms with van der Waals surface area (Å²) in [6.07, 6.45) is -3.24. The molecule has 1 aromatic heterocycles. The Morgan fingerprint density at radius 2 is 1.91 bits per heavy atom. The lowest BCUT2D eigenvalue weighted by Crippen LogP contribution is -2.53. The third kappa shape index (κ3) is 1.64. The number of rotatable bonds is 2. The molecule has 4 nitrogen and oxygen atoms in total. The van der Waals surface area contributed by atoms with Crippen molar-refractivity contribution in [2.45, 2.75) is 50.2 Å². The molecule has 2 fully saturated rings. The van der Waals surface area contributed by atoms with Gasteiger partial charge < -0.3 is 10.2 Å². The van der Waals surface area contributed by atoms with Gasteiger partial charge in [-0.1, -0.05) is 13.8 Å². The summed E-state index contributed by atoms with van der Waals surface area (Å²) in [7, 11) is 1.73. The topological polar surface area (TPSA) is 41.1 Å². The molecule has 2 saturated carbocycles. The molecule has 1 N–H and O–H groups in total. The summed E-state index contributed by atoms with van der Waals surface area (Å²) in [4.78, 5) is 10.3. The van der Waals surface area contributed by atoms with Crippen LogP contribution in [0.15, 0.2) is 0 Å². The number of hydrogen-bond acceptors (Lipinski definition) is 4. The Morgan fingerprint density at radius 3 is 2.39 bits per heavy atom. The van der Waals surface area contributed by atoms with E-state index in [2.05, 4.69) is 15.3 Å². The molecule has 0 amide bonds. The van der Waals surface area contributed by atoms with E-state index in [0.717, 1.165) is 5.56 Å². The quantitative estimate of drug-likeness (QED) is 0.828. The molecular formula is C15H18ClF3N4. The fourth-order valence-electron chi connectivity index (χ4n) is 4.67. The van der Waals surface area contributed by atoms with Crippen molar-refractivity contribution in [3.8, 4) is 0 Å². The summed E-state index contributed by atoms with van der Waals surface area (Å²) in [6.45, 7) is 4.53. The fourth-order valence-corrected chi connectivity index (χ4v) is 4.83. The number of nitrogens with one attached hydrogen (secondary N) is 1. The van der Waals surface area contributed by atoms with Crippen molar-refractivity contribution < 1.29 is 13.2 Å². The first kappa shape index (κ1) is 15.3. The monoisotopic (exact) mass is 346 g/mol. The standard InChI is InChI=1S/C15H18ClF3N4/c1-12(2)7-23(10-8(12)9(20-3)21-11(16)22-10)14-5-4-13(14,6-14)15(17,18)19/h4-7H2,1-3H3,(H,20,21,22). The first-order chi connectivity index (χ1) is 10.6. The van der Waals surface area contributed by atoms with Crippen LogP contribution in [0.3, 0.4) is 0 Å². The maximum absolute atomic E-state index is 13.5. The Bertz CT molecular complexity index is 705. The Hall–Kier alpha value is -1.24. The van der Waals surface area contributed by atoms with Gasteiger partial charge in [-0.05, 0) is 30.9 Å². The molecule has 2 atom stereocenters. The van der Waals surface area contributed by atoms with E-state index in [0.29, 0.717) is 24.6 Å². The number of nitrogens with zero attached hydrogens (tertiary/aromatic N) is 3. The third-order valence-corrected chi connectivity index (χ3v) is 6.14. The van der Waals surface area contributed by atoms with Gasteiger partial charge in [0.2, 0.25) is 5.28 Å². The van der Waals surface area contributed by atoms with Gasteiger partial charge >= 0.3 is 6.18 Å². The van der Waals surface area contributed by atoms with Gasteiger partial charge in [0.15, 0.2) is 0 Å². The van der Waals surface area contributed by atoms with Crippen molar-refractivity contribution in [2.24, 2.45) is 5.41 Å². The average molecular weight is 347 g/mol. The van der Waals surface area contributed by atoms with E-state index < -0.39 is 17.1 Å². The first-order valence-corrected chi connectivity index (χ1v) is 8.06. The molecule has 1 aromatic rings. The van der Waals surface area contributed by atoms with Gasteiger partial charge in [0, 0.05) is 24.6 Å². The SMILES string of the molecule is CNc1nc(Cl)nc2c1C(C)(C)CN2C12CCC1(C(F)(F)F)C2. The number of halogens is 4. The second-order valence-electron chi connectivity index (χ2n) is 7.55. The maximum atomic E-state index is 13.5. The molecule has 2 unspecified atom stereocenters. The number of aromatic nitrogens is 2. The van der Waals surface area contributed by atoms with Crippen molar-refractivity contribution in [1.29, 1.82) is 0 Å². The molecule has 23 heavy (non-hydrogen) atoms. The van der Waals surface area contributed by atoms with Crippen molar-refractivity contribution in [1.82, 2.24) is 9.97 Å². The molecule has 0 bridgehead atoms. The summed E-state index contributed by atoms with van der Waals surface area (Å²) >= 11 is 6.00. The Morgan fingerprint density at radius 1 is 1.22 bits per heavy atom. The van der Waals surface area contributed by atoms with Crippen molar-refractivity contribution in [3.05, 3.63) is 10.8 Å². The number of fused-ring (bicyclic) bond motifs is 2. The molecule has 0 saturated heterocycles. The molecule has 3 aliphatic rings. The van der Waals surface area contributed by atoms with Gasteiger partial charge in [0.05, 0.1) is 11.0 Å². The van der Waals surface area contributed by atoms with Gasteiger partial charge in [0.25, 0.3) is 0 Å². The van der Waals surface area contributed by atoms with Crippen molar-refractivity contribution in [2.75, 3.05) is 23.8 Å². The summed E-state index contributed by atoms with van der Waals surface area (Å²) in [5.41, 5.74) is -1.87. The van der Waals surface area contributed by atoms with Crippen LogP contribution < -0.4 is 10.2 Å². The third-order valence-electron chi connectivity index (χ3n) is 5.97. The first-order valence-electron chi connectivity index (χ1n) is 7.68. The van der Waals surface area contributed by atoms with E-state index in [1.54, 1.807) is 7.05 Å². The normalized spacial score (nSPS) is 33.8. The predicted molar refractivity (Wildman–Crippen MR) is 82.0 cm³/mol. The lowest BCUT2D eigenvalue weighted by atomic mass is 9.77. The molecule has 1 aliphatic heterocycles. The van der Waals surface area contributed by atoms with Crippen LogP contribution >= 0.6 is 11.6 Å². The van der Waals surface area contributed by atoms with E-state index in [-0.39, 0.29) is 23.5 Å². The molecule has 126 valence electrons. The lowest BCUT2D eigenvalue weighted by Gasteiger charge is -2.44. The van der Waals surface area contributed by atoms with Crippen LogP contribution in [-0.4, -0.2) is 35.3 Å². The minimum atomic E-state index is -4.17. The molecule has 8 heteroatoms. The van der Waals surface area contributed by atoms with Crippen LogP contribution in [0, 0.1) is 5.41 Å². The minimum absolute atomic E-state index is 0.0600. The van der Waals surface area contributed by atoms with Gasteiger partial charge in [-0.2, -0.15) is 13.2 Å². The number of hydrogen-bond donors (Lipinski definition) is 1. The van der Waals surface area contributed by atoms with Crippen LogP contribution in [0.5, 0.6) is 0 Å². The van der Waals surface area contributed by atoms with Gasteiger partial charge in [-0.25, -0.2) is 9.97 Å².